The molecule has 0 saturated carbocycles. The Hall–Kier alpha value is -1.51. The fraction of sp³-hybridized carbons (Fsp3) is 0.611. The maximum absolute atomic E-state index is 12.4. The number of nitrogen functional groups attached to an aromatic ring is 1. The fourth-order valence-corrected chi connectivity index (χ4v) is 3.01. The van der Waals surface area contributed by atoms with E-state index in [4.69, 9.17) is 5.73 Å². The van der Waals surface area contributed by atoms with E-state index < -0.39 is 0 Å². The van der Waals surface area contributed by atoms with Crippen molar-refractivity contribution in [1.82, 2.24) is 4.90 Å². The summed E-state index contributed by atoms with van der Waals surface area (Å²) in [6, 6.07) is 5.71. The van der Waals surface area contributed by atoms with Crippen molar-refractivity contribution in [2.45, 2.75) is 58.3 Å². The average Bonchev–Trinajstić information content (AvgIpc) is 2.49. The molecule has 3 heteroatoms. The number of unbranched alkanes of at least 4 members (excludes halogenated alkanes) is 6. The van der Waals surface area contributed by atoms with Gasteiger partial charge in [-0.2, -0.15) is 0 Å². The van der Waals surface area contributed by atoms with E-state index >= 15 is 0 Å². The average molecular weight is 288 g/mol. The smallest absolute Gasteiger partial charge is 0.254 e. The number of carbonyl (C=O) groups excluding carboxylic acids is 1. The third kappa shape index (κ3) is 4.48. The van der Waals surface area contributed by atoms with Crippen molar-refractivity contribution in [2.24, 2.45) is 0 Å². The van der Waals surface area contributed by atoms with Crippen LogP contribution in [0.5, 0.6) is 0 Å². The highest BCUT2D eigenvalue weighted by molar-refractivity contribution is 5.97. The van der Waals surface area contributed by atoms with Crippen LogP contribution in [0.25, 0.3) is 0 Å². The highest BCUT2D eigenvalue weighted by Crippen LogP contribution is 2.21. The Kier molecular flexibility index (Phi) is 6.09. The lowest BCUT2D eigenvalue weighted by molar-refractivity contribution is 0.0736. The van der Waals surface area contributed by atoms with Gasteiger partial charge in [-0.05, 0) is 30.5 Å². The van der Waals surface area contributed by atoms with Gasteiger partial charge in [0.1, 0.15) is 0 Å². The standard InChI is InChI=1S/C18H28N2O/c1-2-3-4-5-6-7-8-12-20-13-11-15-9-10-16(19)14-17(15)18(20)21/h9-10,14H,2-8,11-13,19H2,1H3. The van der Waals surface area contributed by atoms with Gasteiger partial charge in [0.25, 0.3) is 5.91 Å². The van der Waals surface area contributed by atoms with Crippen molar-refractivity contribution in [3.8, 4) is 0 Å². The number of nitrogens with two attached hydrogens (primary N) is 1. The molecule has 0 aromatic heterocycles. The van der Waals surface area contributed by atoms with E-state index in [1.807, 2.05) is 23.1 Å². The Balaban J connectivity index is 1.74. The van der Waals surface area contributed by atoms with Crippen LogP contribution in [-0.4, -0.2) is 23.9 Å². The molecule has 0 bridgehead atoms. The normalized spacial score (nSPS) is 14.3. The molecule has 1 aliphatic rings. The molecule has 1 aromatic rings. The van der Waals surface area contributed by atoms with E-state index in [1.165, 1.54) is 38.5 Å². The van der Waals surface area contributed by atoms with Crippen molar-refractivity contribution < 1.29 is 4.79 Å². The van der Waals surface area contributed by atoms with Crippen LogP contribution in [0.4, 0.5) is 5.69 Å². The predicted molar refractivity (Wildman–Crippen MR) is 88.5 cm³/mol. The van der Waals surface area contributed by atoms with E-state index in [9.17, 15) is 4.79 Å². The minimum Gasteiger partial charge on any atom is -0.399 e. The van der Waals surface area contributed by atoms with Crippen LogP contribution in [0.2, 0.25) is 0 Å². The highest BCUT2D eigenvalue weighted by Gasteiger charge is 2.23. The number of fused-ring (bicyclic) bond motifs is 1. The van der Waals surface area contributed by atoms with Crippen molar-refractivity contribution in [3.63, 3.8) is 0 Å². The molecule has 1 aliphatic heterocycles. The third-order valence-corrected chi connectivity index (χ3v) is 4.33. The Morgan fingerprint density at radius 2 is 1.81 bits per heavy atom. The van der Waals surface area contributed by atoms with Gasteiger partial charge in [-0.1, -0.05) is 51.5 Å². The summed E-state index contributed by atoms with van der Waals surface area (Å²) in [6.45, 7) is 3.99. The van der Waals surface area contributed by atoms with Gasteiger partial charge in [0.15, 0.2) is 0 Å². The van der Waals surface area contributed by atoms with Crippen LogP contribution in [0.15, 0.2) is 18.2 Å². The molecule has 2 rings (SSSR count). The second kappa shape index (κ2) is 8.06. The second-order valence-electron chi connectivity index (χ2n) is 6.08. The van der Waals surface area contributed by atoms with Crippen molar-refractivity contribution in [3.05, 3.63) is 29.3 Å². The van der Waals surface area contributed by atoms with E-state index in [-0.39, 0.29) is 5.91 Å². The third-order valence-electron chi connectivity index (χ3n) is 4.33. The molecule has 2 N–H and O–H groups in total. The Morgan fingerprint density at radius 1 is 1.10 bits per heavy atom. The number of nitrogens with zero attached hydrogens (tertiary/aromatic N) is 1. The second-order valence-corrected chi connectivity index (χ2v) is 6.08. The first kappa shape index (κ1) is 15.9. The SMILES string of the molecule is CCCCCCCCCN1CCc2ccc(N)cc2C1=O. The van der Waals surface area contributed by atoms with Gasteiger partial charge in [-0.3, -0.25) is 4.79 Å². The van der Waals surface area contributed by atoms with Crippen LogP contribution in [-0.2, 0) is 6.42 Å². The molecule has 0 fully saturated rings. The Labute approximate surface area is 128 Å². The summed E-state index contributed by atoms with van der Waals surface area (Å²) in [5, 5.41) is 0. The Bertz CT molecular complexity index is 470. The summed E-state index contributed by atoms with van der Waals surface area (Å²) in [6.07, 6.45) is 9.94. The summed E-state index contributed by atoms with van der Waals surface area (Å²) in [5.41, 5.74) is 8.43. The van der Waals surface area contributed by atoms with E-state index in [0.717, 1.165) is 37.1 Å². The molecule has 21 heavy (non-hydrogen) atoms. The number of benzene rings is 1. The van der Waals surface area contributed by atoms with Crippen LogP contribution < -0.4 is 5.73 Å². The minimum atomic E-state index is 0.162. The number of anilines is 1. The van der Waals surface area contributed by atoms with Gasteiger partial charge in [-0.15, -0.1) is 0 Å². The van der Waals surface area contributed by atoms with Crippen molar-refractivity contribution in [1.29, 1.82) is 0 Å². The predicted octanol–water partition coefficient (Wildman–Crippen LogP) is 4.02. The summed E-state index contributed by atoms with van der Waals surface area (Å²) < 4.78 is 0. The van der Waals surface area contributed by atoms with Crippen LogP contribution in [0.1, 0.15) is 67.8 Å². The summed E-state index contributed by atoms with van der Waals surface area (Å²) in [5.74, 6) is 0.162. The number of carbonyl (C=O) groups is 1. The monoisotopic (exact) mass is 288 g/mol. The van der Waals surface area contributed by atoms with E-state index in [2.05, 4.69) is 6.92 Å². The molecule has 0 atom stereocenters. The number of amides is 1. The zero-order valence-electron chi connectivity index (χ0n) is 13.2. The Morgan fingerprint density at radius 3 is 2.57 bits per heavy atom. The molecule has 0 aliphatic carbocycles. The zero-order valence-corrected chi connectivity index (χ0v) is 13.2. The van der Waals surface area contributed by atoms with E-state index in [0.29, 0.717) is 5.69 Å². The number of hydrogen-bond donors (Lipinski definition) is 1. The zero-order chi connectivity index (χ0) is 15.1. The lowest BCUT2D eigenvalue weighted by Crippen LogP contribution is -2.38. The maximum Gasteiger partial charge on any atom is 0.254 e. The first-order valence-corrected chi connectivity index (χ1v) is 8.40. The first-order chi connectivity index (χ1) is 10.2. The van der Waals surface area contributed by atoms with E-state index in [1.54, 1.807) is 0 Å². The highest BCUT2D eigenvalue weighted by atomic mass is 16.2. The molecule has 3 nitrogen and oxygen atoms in total. The van der Waals surface area contributed by atoms with Gasteiger partial charge in [0.05, 0.1) is 0 Å². The van der Waals surface area contributed by atoms with Gasteiger partial charge < -0.3 is 10.6 Å². The minimum absolute atomic E-state index is 0.162. The molecule has 0 radical (unpaired) electrons. The molecular weight excluding hydrogens is 260 g/mol. The van der Waals surface area contributed by atoms with Gasteiger partial charge in [0, 0.05) is 24.3 Å². The summed E-state index contributed by atoms with van der Waals surface area (Å²) in [4.78, 5) is 14.4. The molecule has 1 heterocycles. The first-order valence-electron chi connectivity index (χ1n) is 8.40. The summed E-state index contributed by atoms with van der Waals surface area (Å²) >= 11 is 0. The topological polar surface area (TPSA) is 46.3 Å². The number of hydrogen-bond acceptors (Lipinski definition) is 2. The van der Waals surface area contributed by atoms with Crippen LogP contribution in [0, 0.1) is 0 Å². The number of rotatable bonds is 8. The van der Waals surface area contributed by atoms with Crippen LogP contribution in [0.3, 0.4) is 0 Å². The molecule has 0 unspecified atom stereocenters. The quantitative estimate of drug-likeness (QED) is 0.580. The molecule has 116 valence electrons. The molecular formula is C18H28N2O. The maximum atomic E-state index is 12.4. The molecule has 1 aromatic carbocycles. The molecule has 0 spiro atoms. The van der Waals surface area contributed by atoms with Crippen molar-refractivity contribution in [2.75, 3.05) is 18.8 Å². The fourth-order valence-electron chi connectivity index (χ4n) is 3.01. The van der Waals surface area contributed by atoms with Crippen LogP contribution >= 0.6 is 0 Å². The van der Waals surface area contributed by atoms with Crippen molar-refractivity contribution >= 4 is 11.6 Å². The summed E-state index contributed by atoms with van der Waals surface area (Å²) in [7, 11) is 0. The molecule has 1 amide bonds. The lowest BCUT2D eigenvalue weighted by atomic mass is 9.98. The van der Waals surface area contributed by atoms with Gasteiger partial charge >= 0.3 is 0 Å². The van der Waals surface area contributed by atoms with Gasteiger partial charge in [-0.25, -0.2) is 0 Å². The molecule has 0 saturated heterocycles. The lowest BCUT2D eigenvalue weighted by Gasteiger charge is -2.28. The largest absolute Gasteiger partial charge is 0.399 e. The van der Waals surface area contributed by atoms with Gasteiger partial charge in [0.2, 0.25) is 0 Å².